The molecule has 108 valence electrons. The average Bonchev–Trinajstić information content (AvgIpc) is 2.87. The van der Waals surface area contributed by atoms with E-state index in [4.69, 9.17) is 5.26 Å². The summed E-state index contributed by atoms with van der Waals surface area (Å²) in [4.78, 5) is 12.4. The van der Waals surface area contributed by atoms with Crippen LogP contribution >= 0.6 is 0 Å². The first kappa shape index (κ1) is 13.8. The summed E-state index contributed by atoms with van der Waals surface area (Å²) in [7, 11) is 1.72. The van der Waals surface area contributed by atoms with E-state index >= 15 is 0 Å². The molecule has 0 radical (unpaired) electrons. The average molecular weight is 293 g/mol. The fraction of sp³-hybridized carbons (Fsp3) is 0.0588. The molecule has 1 aromatic heterocycles. The largest absolute Gasteiger partial charge is 0.340 e. The van der Waals surface area contributed by atoms with Crippen molar-refractivity contribution in [3.05, 3.63) is 65.6 Å². The summed E-state index contributed by atoms with van der Waals surface area (Å²) in [5.74, 6) is -0.687. The monoisotopic (exact) mass is 293 g/mol. The van der Waals surface area contributed by atoms with Crippen LogP contribution < -0.4 is 5.32 Å². The maximum atomic E-state index is 13.8. The lowest BCUT2D eigenvalue weighted by molar-refractivity contribution is 0.102. The number of amides is 1. The van der Waals surface area contributed by atoms with Crippen molar-refractivity contribution in [3.63, 3.8) is 0 Å². The van der Waals surface area contributed by atoms with Crippen molar-refractivity contribution < 1.29 is 9.18 Å². The fourth-order valence-electron chi connectivity index (χ4n) is 2.37. The van der Waals surface area contributed by atoms with Crippen LogP contribution in [0.25, 0.3) is 10.9 Å². The summed E-state index contributed by atoms with van der Waals surface area (Å²) in [6, 6.07) is 14.8. The molecular weight excluding hydrogens is 281 g/mol. The lowest BCUT2D eigenvalue weighted by Gasteiger charge is -2.06. The molecule has 22 heavy (non-hydrogen) atoms. The highest BCUT2D eigenvalue weighted by Gasteiger charge is 2.15. The smallest absolute Gasteiger partial charge is 0.272 e. The molecule has 5 heteroatoms. The summed E-state index contributed by atoms with van der Waals surface area (Å²) in [5.41, 5.74) is 2.12. The van der Waals surface area contributed by atoms with Gasteiger partial charge in [0.1, 0.15) is 11.5 Å². The van der Waals surface area contributed by atoms with Gasteiger partial charge >= 0.3 is 0 Å². The number of rotatable bonds is 2. The molecule has 0 aliphatic rings. The van der Waals surface area contributed by atoms with Crippen molar-refractivity contribution in [2.24, 2.45) is 7.05 Å². The summed E-state index contributed by atoms with van der Waals surface area (Å²) in [6.07, 6.45) is 0. The van der Waals surface area contributed by atoms with Crippen LogP contribution in [0.3, 0.4) is 0 Å². The zero-order valence-electron chi connectivity index (χ0n) is 11.8. The third kappa shape index (κ3) is 2.31. The predicted molar refractivity (Wildman–Crippen MR) is 82.0 cm³/mol. The van der Waals surface area contributed by atoms with Crippen molar-refractivity contribution >= 4 is 22.5 Å². The Kier molecular flexibility index (Phi) is 3.36. The first-order valence-corrected chi connectivity index (χ1v) is 6.65. The number of aryl methyl sites for hydroxylation is 1. The number of hydrogen-bond donors (Lipinski definition) is 1. The summed E-state index contributed by atoms with van der Waals surface area (Å²) in [6.45, 7) is 0. The number of benzene rings is 2. The zero-order chi connectivity index (χ0) is 15.7. The number of anilines is 1. The zero-order valence-corrected chi connectivity index (χ0v) is 11.8. The number of nitriles is 1. The molecule has 3 rings (SSSR count). The number of halogens is 1. The standard InChI is InChI=1S/C17H12FN3O/c1-21-15-4-2-3-14(18)13(15)9-16(21)17(22)20-12-7-5-11(10-19)6-8-12/h2-9H,1H3,(H,20,22). The molecule has 0 saturated heterocycles. The van der Waals surface area contributed by atoms with Crippen LogP contribution in [0.5, 0.6) is 0 Å². The molecule has 0 saturated carbocycles. The molecule has 4 nitrogen and oxygen atoms in total. The highest BCUT2D eigenvalue weighted by Crippen LogP contribution is 2.22. The van der Waals surface area contributed by atoms with Gasteiger partial charge in [-0.25, -0.2) is 4.39 Å². The molecule has 1 heterocycles. The Morgan fingerprint density at radius 2 is 1.95 bits per heavy atom. The number of nitrogens with zero attached hydrogens (tertiary/aromatic N) is 2. The van der Waals surface area contributed by atoms with Gasteiger partial charge in [-0.05, 0) is 42.5 Å². The number of hydrogen-bond acceptors (Lipinski definition) is 2. The molecule has 0 aliphatic heterocycles. The SMILES string of the molecule is Cn1c(C(=O)Nc2ccc(C#N)cc2)cc2c(F)cccc21. The first-order chi connectivity index (χ1) is 10.6. The molecular formula is C17H12FN3O. The van der Waals surface area contributed by atoms with Crippen LogP contribution in [-0.4, -0.2) is 10.5 Å². The molecule has 0 fully saturated rings. The van der Waals surface area contributed by atoms with E-state index in [9.17, 15) is 9.18 Å². The Morgan fingerprint density at radius 3 is 2.59 bits per heavy atom. The Bertz CT molecular complexity index is 904. The molecule has 1 N–H and O–H groups in total. The van der Waals surface area contributed by atoms with Gasteiger partial charge in [-0.1, -0.05) is 6.07 Å². The van der Waals surface area contributed by atoms with Gasteiger partial charge in [0, 0.05) is 18.1 Å². The van der Waals surface area contributed by atoms with Gasteiger partial charge in [-0.3, -0.25) is 4.79 Å². The molecule has 1 amide bonds. The van der Waals surface area contributed by atoms with Crippen molar-refractivity contribution in [2.45, 2.75) is 0 Å². The first-order valence-electron chi connectivity index (χ1n) is 6.65. The van der Waals surface area contributed by atoms with Gasteiger partial charge in [-0.15, -0.1) is 0 Å². The van der Waals surface area contributed by atoms with Crippen LogP contribution in [0, 0.1) is 17.1 Å². The molecule has 0 spiro atoms. The fourth-order valence-corrected chi connectivity index (χ4v) is 2.37. The Labute approximate surface area is 126 Å². The number of aromatic nitrogens is 1. The van der Waals surface area contributed by atoms with Gasteiger partial charge in [0.2, 0.25) is 0 Å². The van der Waals surface area contributed by atoms with Crippen LogP contribution in [0.4, 0.5) is 10.1 Å². The lowest BCUT2D eigenvalue weighted by atomic mass is 10.2. The lowest BCUT2D eigenvalue weighted by Crippen LogP contribution is -2.15. The second-order valence-corrected chi connectivity index (χ2v) is 4.90. The van der Waals surface area contributed by atoms with E-state index in [2.05, 4.69) is 5.32 Å². The van der Waals surface area contributed by atoms with Gasteiger partial charge in [0.05, 0.1) is 17.1 Å². The van der Waals surface area contributed by atoms with Crippen LogP contribution in [0.2, 0.25) is 0 Å². The van der Waals surface area contributed by atoms with Crippen molar-refractivity contribution in [1.82, 2.24) is 4.57 Å². The summed E-state index contributed by atoms with van der Waals surface area (Å²) >= 11 is 0. The number of carbonyl (C=O) groups is 1. The molecule has 0 unspecified atom stereocenters. The molecule has 0 bridgehead atoms. The minimum atomic E-state index is -0.356. The quantitative estimate of drug-likeness (QED) is 0.786. The Hall–Kier alpha value is -3.13. The van der Waals surface area contributed by atoms with Crippen LogP contribution in [0.1, 0.15) is 16.1 Å². The predicted octanol–water partition coefficient (Wildman–Crippen LogP) is 3.44. The molecule has 0 atom stereocenters. The van der Waals surface area contributed by atoms with Gasteiger partial charge in [-0.2, -0.15) is 5.26 Å². The topological polar surface area (TPSA) is 57.8 Å². The maximum Gasteiger partial charge on any atom is 0.272 e. The molecule has 3 aromatic rings. The van der Waals surface area contributed by atoms with E-state index < -0.39 is 0 Å². The van der Waals surface area contributed by atoms with Crippen molar-refractivity contribution in [3.8, 4) is 6.07 Å². The normalized spacial score (nSPS) is 10.4. The van der Waals surface area contributed by atoms with Gasteiger partial charge < -0.3 is 9.88 Å². The maximum absolute atomic E-state index is 13.8. The summed E-state index contributed by atoms with van der Waals surface area (Å²) in [5, 5.41) is 11.9. The van der Waals surface area contributed by atoms with Crippen molar-refractivity contribution in [2.75, 3.05) is 5.32 Å². The minimum Gasteiger partial charge on any atom is -0.340 e. The molecule has 0 aliphatic carbocycles. The number of nitrogens with one attached hydrogen (secondary N) is 1. The van der Waals surface area contributed by atoms with E-state index in [0.717, 1.165) is 0 Å². The van der Waals surface area contributed by atoms with Crippen LogP contribution in [0.15, 0.2) is 48.5 Å². The second kappa shape index (κ2) is 5.34. The van der Waals surface area contributed by atoms with E-state index in [-0.39, 0.29) is 11.7 Å². The van der Waals surface area contributed by atoms with E-state index in [1.165, 1.54) is 12.1 Å². The molecule has 2 aromatic carbocycles. The minimum absolute atomic E-state index is 0.331. The number of carbonyl (C=O) groups excluding carboxylic acids is 1. The van der Waals surface area contributed by atoms with Gasteiger partial charge in [0.25, 0.3) is 5.91 Å². The highest BCUT2D eigenvalue weighted by molar-refractivity contribution is 6.06. The van der Waals surface area contributed by atoms with Crippen molar-refractivity contribution in [1.29, 1.82) is 5.26 Å². The third-order valence-corrected chi connectivity index (χ3v) is 3.54. The Morgan fingerprint density at radius 1 is 1.23 bits per heavy atom. The van der Waals surface area contributed by atoms with E-state index in [0.29, 0.717) is 27.8 Å². The van der Waals surface area contributed by atoms with E-state index in [1.54, 1.807) is 48.0 Å². The van der Waals surface area contributed by atoms with Crippen LogP contribution in [-0.2, 0) is 7.05 Å². The van der Waals surface area contributed by atoms with Gasteiger partial charge in [0.15, 0.2) is 0 Å². The number of fused-ring (bicyclic) bond motifs is 1. The Balaban J connectivity index is 1.93. The highest BCUT2D eigenvalue weighted by atomic mass is 19.1. The summed E-state index contributed by atoms with van der Waals surface area (Å²) < 4.78 is 15.4. The third-order valence-electron chi connectivity index (χ3n) is 3.54. The van der Waals surface area contributed by atoms with E-state index in [1.807, 2.05) is 6.07 Å². The second-order valence-electron chi connectivity index (χ2n) is 4.90.